The molecule has 0 aliphatic rings. The topological polar surface area (TPSA) is 20.3 Å². The van der Waals surface area contributed by atoms with E-state index in [9.17, 15) is 4.21 Å². The van der Waals surface area contributed by atoms with Crippen molar-refractivity contribution in [2.24, 2.45) is 0 Å². The Balaban J connectivity index is 3.30. The highest BCUT2D eigenvalue weighted by Crippen LogP contribution is 2.10. The molecule has 0 unspecified atom stereocenters. The summed E-state index contributed by atoms with van der Waals surface area (Å²) in [7, 11) is 0. The van der Waals surface area contributed by atoms with E-state index in [0.29, 0.717) is 11.9 Å². The fraction of sp³-hybridized carbons (Fsp3) is 1.00. The molecule has 2 nitrogen and oxygen atoms in total. The minimum Gasteiger partial charge on any atom is -0.0654 e. The highest BCUT2D eigenvalue weighted by Gasteiger charge is 2.15. The van der Waals surface area contributed by atoms with Crippen molar-refractivity contribution < 1.29 is 4.21 Å². The van der Waals surface area contributed by atoms with E-state index >= 15 is 0 Å². The third-order valence-corrected chi connectivity index (χ3v) is 5.20. The molecule has 0 bridgehead atoms. The first-order valence-corrected chi connectivity index (χ1v) is 11.1. The largest absolute Gasteiger partial charge is 0.590 e. The highest BCUT2D eigenvalue weighted by atomic mass is 32.2. The van der Waals surface area contributed by atoms with Gasteiger partial charge in [-0.05, 0) is 17.1 Å². The first kappa shape index (κ1) is 23.0. The third kappa shape index (κ3) is 18.2. The van der Waals surface area contributed by atoms with Crippen molar-refractivity contribution in [2.45, 2.75) is 117 Å². The molecule has 3 heteroatoms. The van der Waals surface area contributed by atoms with Gasteiger partial charge >= 0.3 is 11.9 Å². The van der Waals surface area contributed by atoms with Crippen LogP contribution in [0, 0.1) is 0 Å². The average Bonchev–Trinajstić information content (AvgIpc) is 2.57. The smallest absolute Gasteiger partial charge is 0.0654 e. The molecule has 0 rings (SSSR count). The normalized spacial score (nSPS) is 11.3. The van der Waals surface area contributed by atoms with Gasteiger partial charge in [-0.2, -0.15) is 0 Å². The van der Waals surface area contributed by atoms with Crippen LogP contribution in [0.25, 0.3) is 0 Å². The molecule has 0 saturated heterocycles. The van der Waals surface area contributed by atoms with Gasteiger partial charge < -0.3 is 0 Å². The molecular formula is C20H42NOS+. The Bertz CT molecular complexity index is 216. The van der Waals surface area contributed by atoms with Crippen molar-refractivity contribution >= 4 is 11.9 Å². The Morgan fingerprint density at radius 1 is 0.522 bits per heavy atom. The van der Waals surface area contributed by atoms with Crippen LogP contribution in [-0.2, 0) is 16.1 Å². The lowest BCUT2D eigenvalue weighted by atomic mass is 10.1. The molecule has 0 aromatic heterocycles. The molecule has 0 aromatic rings. The summed E-state index contributed by atoms with van der Waals surface area (Å²) in [6.45, 7) is 6.50. The monoisotopic (exact) mass is 344 g/mol. The number of unbranched alkanes of at least 4 members (excludes halogenated alkanes) is 14. The van der Waals surface area contributed by atoms with Crippen molar-refractivity contribution in [1.82, 2.24) is 4.31 Å². The molecule has 0 aliphatic heterocycles. The Morgan fingerprint density at radius 2 is 0.826 bits per heavy atom. The van der Waals surface area contributed by atoms with E-state index < -0.39 is 0 Å². The molecule has 0 aromatic carbocycles. The van der Waals surface area contributed by atoms with Gasteiger partial charge in [-0.3, -0.25) is 0 Å². The van der Waals surface area contributed by atoms with E-state index in [0.717, 1.165) is 13.1 Å². The summed E-state index contributed by atoms with van der Waals surface area (Å²) in [6.07, 6.45) is 21.4. The molecule has 0 atom stereocenters. The fourth-order valence-electron chi connectivity index (χ4n) is 3.03. The molecule has 0 spiro atoms. The quantitative estimate of drug-likeness (QED) is 0.141. The lowest BCUT2D eigenvalue weighted by molar-refractivity contribution is 0.407. The van der Waals surface area contributed by atoms with Gasteiger partial charge in [-0.15, -0.1) is 0 Å². The predicted molar refractivity (Wildman–Crippen MR) is 105 cm³/mol. The van der Waals surface area contributed by atoms with Crippen LogP contribution in [0.4, 0.5) is 0 Å². The molecule has 0 radical (unpaired) electrons. The van der Waals surface area contributed by atoms with Crippen LogP contribution in [0.5, 0.6) is 0 Å². The van der Waals surface area contributed by atoms with Crippen LogP contribution in [-0.4, -0.2) is 17.4 Å². The lowest BCUT2D eigenvalue weighted by Crippen LogP contribution is -2.21. The van der Waals surface area contributed by atoms with Crippen LogP contribution in [0.1, 0.15) is 117 Å². The van der Waals surface area contributed by atoms with Crippen LogP contribution in [0.3, 0.4) is 0 Å². The lowest BCUT2D eigenvalue weighted by Gasteiger charge is -2.05. The molecule has 0 aliphatic carbocycles. The SMILES string of the molecule is CCCCCCCCCCN(CCCCCCCCCC)[S+]=O. The predicted octanol–water partition coefficient (Wildman–Crippen LogP) is 6.91. The van der Waals surface area contributed by atoms with E-state index in [-0.39, 0.29) is 0 Å². The van der Waals surface area contributed by atoms with Gasteiger partial charge in [0.2, 0.25) is 0 Å². The summed E-state index contributed by atoms with van der Waals surface area (Å²) in [5.74, 6) is 0. The van der Waals surface area contributed by atoms with E-state index in [1.54, 1.807) is 0 Å². The summed E-state index contributed by atoms with van der Waals surface area (Å²) in [5.41, 5.74) is 0. The first-order valence-electron chi connectivity index (χ1n) is 10.4. The number of hydrogen-bond donors (Lipinski definition) is 0. The molecular weight excluding hydrogens is 302 g/mol. The van der Waals surface area contributed by atoms with Gasteiger partial charge in [0.1, 0.15) is 0 Å². The second kappa shape index (κ2) is 20.0. The van der Waals surface area contributed by atoms with Crippen LogP contribution in [0.15, 0.2) is 0 Å². The summed E-state index contributed by atoms with van der Waals surface area (Å²) in [6, 6.07) is 0. The second-order valence-corrected chi connectivity index (χ2v) is 7.62. The van der Waals surface area contributed by atoms with E-state index in [1.807, 2.05) is 4.31 Å². The maximum Gasteiger partial charge on any atom is 0.590 e. The summed E-state index contributed by atoms with van der Waals surface area (Å²) in [5, 5.41) is 0. The van der Waals surface area contributed by atoms with Crippen LogP contribution < -0.4 is 0 Å². The van der Waals surface area contributed by atoms with Crippen LogP contribution >= 0.6 is 0 Å². The Kier molecular flexibility index (Phi) is 20.0. The fourth-order valence-corrected chi connectivity index (χ4v) is 3.44. The Labute approximate surface area is 150 Å². The molecule has 0 fully saturated rings. The van der Waals surface area contributed by atoms with Crippen LogP contribution in [0.2, 0.25) is 0 Å². The van der Waals surface area contributed by atoms with Crippen molar-refractivity contribution in [1.29, 1.82) is 0 Å². The summed E-state index contributed by atoms with van der Waals surface area (Å²) < 4.78 is 13.2. The standard InChI is InChI=1S/C20H42NOS/c1-3-5-7-9-11-13-15-17-19-21(23-22)20-18-16-14-12-10-8-6-4-2/h3-20H2,1-2H3/q+1. The minimum absolute atomic E-state index is 0.703. The third-order valence-electron chi connectivity index (χ3n) is 4.63. The molecule has 138 valence electrons. The van der Waals surface area contributed by atoms with Crippen molar-refractivity contribution in [2.75, 3.05) is 13.1 Å². The maximum absolute atomic E-state index is 11.1. The maximum atomic E-state index is 11.1. The Morgan fingerprint density at radius 3 is 1.13 bits per heavy atom. The van der Waals surface area contributed by atoms with Crippen molar-refractivity contribution in [3.63, 3.8) is 0 Å². The summed E-state index contributed by atoms with van der Waals surface area (Å²) in [4.78, 5) is 0. The zero-order valence-electron chi connectivity index (χ0n) is 16.0. The van der Waals surface area contributed by atoms with Crippen molar-refractivity contribution in [3.05, 3.63) is 0 Å². The zero-order chi connectivity index (χ0) is 17.0. The first-order chi connectivity index (χ1) is 11.3. The van der Waals surface area contributed by atoms with Gasteiger partial charge in [0, 0.05) is 0 Å². The summed E-state index contributed by atoms with van der Waals surface area (Å²) >= 11 is 0.703. The van der Waals surface area contributed by atoms with Gasteiger partial charge in [0.15, 0.2) is 0 Å². The highest BCUT2D eigenvalue weighted by molar-refractivity contribution is 7.62. The van der Waals surface area contributed by atoms with E-state index in [2.05, 4.69) is 13.8 Å². The van der Waals surface area contributed by atoms with E-state index in [4.69, 9.17) is 0 Å². The van der Waals surface area contributed by atoms with E-state index in [1.165, 1.54) is 103 Å². The van der Waals surface area contributed by atoms with Gasteiger partial charge in [0.05, 0.1) is 17.3 Å². The molecule has 0 amide bonds. The zero-order valence-corrected chi connectivity index (χ0v) is 16.8. The van der Waals surface area contributed by atoms with Gasteiger partial charge in [-0.25, -0.2) is 0 Å². The molecule has 0 N–H and O–H groups in total. The Hall–Kier alpha value is -0.0200. The number of rotatable bonds is 19. The van der Waals surface area contributed by atoms with Crippen molar-refractivity contribution in [3.8, 4) is 0 Å². The average molecular weight is 345 g/mol. The molecule has 23 heavy (non-hydrogen) atoms. The minimum atomic E-state index is 0.703. The molecule has 0 heterocycles. The second-order valence-electron chi connectivity index (χ2n) is 6.95. The number of hydrogen-bond acceptors (Lipinski definition) is 1. The van der Waals surface area contributed by atoms with Gasteiger partial charge in [0.25, 0.3) is 0 Å². The van der Waals surface area contributed by atoms with Gasteiger partial charge in [-0.1, -0.05) is 104 Å². The molecule has 0 saturated carbocycles. The number of nitrogens with zero attached hydrogens (tertiary/aromatic N) is 1.